The maximum atomic E-state index is 12.5. The van der Waals surface area contributed by atoms with E-state index in [2.05, 4.69) is 4.74 Å². The summed E-state index contributed by atoms with van der Waals surface area (Å²) in [5.41, 5.74) is 0.391. The first-order valence-corrected chi connectivity index (χ1v) is 7.62. The molecule has 0 aliphatic carbocycles. The smallest absolute Gasteiger partial charge is 0.317 e. The second-order valence-electron chi connectivity index (χ2n) is 5.29. The van der Waals surface area contributed by atoms with Crippen molar-refractivity contribution in [1.29, 1.82) is 0 Å². The van der Waals surface area contributed by atoms with Gasteiger partial charge in [0.15, 0.2) is 5.78 Å². The average Bonchev–Trinajstić information content (AvgIpc) is 2.84. The summed E-state index contributed by atoms with van der Waals surface area (Å²) in [5, 5.41) is 0. The second-order valence-corrected chi connectivity index (χ2v) is 5.29. The van der Waals surface area contributed by atoms with Crippen molar-refractivity contribution >= 4 is 29.5 Å². The first-order chi connectivity index (χ1) is 11.9. The minimum atomic E-state index is -1.43. The molecule has 0 saturated carbocycles. The van der Waals surface area contributed by atoms with Crippen molar-refractivity contribution in [3.8, 4) is 0 Å². The van der Waals surface area contributed by atoms with Crippen molar-refractivity contribution < 1.29 is 33.4 Å². The molecule has 0 bridgehead atoms. The Morgan fingerprint density at radius 3 is 2.12 bits per heavy atom. The highest BCUT2D eigenvalue weighted by molar-refractivity contribution is 6.22. The van der Waals surface area contributed by atoms with Crippen molar-refractivity contribution in [1.82, 2.24) is 4.90 Å². The van der Waals surface area contributed by atoms with Crippen LogP contribution in [0.4, 0.5) is 0 Å². The molecule has 25 heavy (non-hydrogen) atoms. The van der Waals surface area contributed by atoms with Gasteiger partial charge in [0, 0.05) is 0 Å². The number of carbonyl (C=O) groups excluding carboxylic acids is 5. The molecule has 1 aromatic carbocycles. The quantitative estimate of drug-likeness (QED) is 0.307. The number of ketones is 1. The zero-order chi connectivity index (χ0) is 18.6. The lowest BCUT2D eigenvalue weighted by molar-refractivity contribution is -0.157. The summed E-state index contributed by atoms with van der Waals surface area (Å²) in [4.78, 5) is 61.2. The largest absolute Gasteiger partial charge is 0.469 e. The number of fused-ring (bicyclic) bond motifs is 1. The number of methoxy groups -OCH3 is 1. The molecule has 0 N–H and O–H groups in total. The molecule has 1 aromatic rings. The van der Waals surface area contributed by atoms with E-state index >= 15 is 0 Å². The lowest BCUT2D eigenvalue weighted by Gasteiger charge is -2.17. The number of imide groups is 1. The highest BCUT2D eigenvalue weighted by Crippen LogP contribution is 2.23. The first kappa shape index (κ1) is 18.3. The molecular weight excluding hydrogens is 331 g/mol. The summed E-state index contributed by atoms with van der Waals surface area (Å²) in [5.74, 6) is -5.09. The van der Waals surface area contributed by atoms with Gasteiger partial charge in [-0.25, -0.2) is 0 Å². The van der Waals surface area contributed by atoms with Crippen LogP contribution in [0.5, 0.6) is 0 Å². The molecule has 1 atom stereocenters. The highest BCUT2D eigenvalue weighted by atomic mass is 16.6. The average molecular weight is 348 g/mol. The number of hydrogen-bond acceptors (Lipinski definition) is 7. The summed E-state index contributed by atoms with van der Waals surface area (Å²) >= 11 is 0. The maximum Gasteiger partial charge on any atom is 0.317 e. The van der Waals surface area contributed by atoms with Crippen LogP contribution in [-0.4, -0.2) is 54.7 Å². The van der Waals surface area contributed by atoms with Crippen LogP contribution in [0.15, 0.2) is 24.3 Å². The van der Waals surface area contributed by atoms with Gasteiger partial charge in [-0.1, -0.05) is 12.1 Å². The lowest BCUT2D eigenvalue weighted by atomic mass is 10.0. The van der Waals surface area contributed by atoms with Gasteiger partial charge in [-0.05, 0) is 19.1 Å². The molecule has 132 valence electrons. The van der Waals surface area contributed by atoms with Crippen molar-refractivity contribution in [3.05, 3.63) is 35.4 Å². The molecule has 1 aliphatic heterocycles. The molecule has 0 aromatic heterocycles. The molecule has 0 spiro atoms. The normalized spacial score (nSPS) is 14.1. The van der Waals surface area contributed by atoms with Crippen LogP contribution in [-0.2, 0) is 23.9 Å². The van der Waals surface area contributed by atoms with Crippen molar-refractivity contribution in [2.45, 2.75) is 13.3 Å². The Balaban J connectivity index is 2.18. The van der Waals surface area contributed by atoms with Gasteiger partial charge in [0.05, 0.1) is 37.8 Å². The van der Waals surface area contributed by atoms with Crippen LogP contribution in [0.25, 0.3) is 0 Å². The number of Topliss-reactive ketones (excluding diaryl/α,β-unsaturated/α-hetero) is 1. The Labute approximate surface area is 143 Å². The van der Waals surface area contributed by atoms with Gasteiger partial charge >= 0.3 is 11.9 Å². The molecular formula is C17H17NO7. The molecule has 1 aliphatic rings. The number of amides is 2. The fourth-order valence-electron chi connectivity index (χ4n) is 2.47. The summed E-state index contributed by atoms with van der Waals surface area (Å²) < 4.78 is 9.27. The van der Waals surface area contributed by atoms with Gasteiger partial charge in [-0.15, -0.1) is 0 Å². The number of nitrogens with zero attached hydrogens (tertiary/aromatic N) is 1. The molecule has 8 heteroatoms. The van der Waals surface area contributed by atoms with Crippen LogP contribution < -0.4 is 0 Å². The molecule has 0 fully saturated rings. The zero-order valence-electron chi connectivity index (χ0n) is 13.8. The number of carbonyl (C=O) groups is 5. The van der Waals surface area contributed by atoms with E-state index in [9.17, 15) is 24.0 Å². The Hall–Kier alpha value is -3.03. The highest BCUT2D eigenvalue weighted by Gasteiger charge is 2.39. The summed E-state index contributed by atoms with van der Waals surface area (Å²) in [6.07, 6.45) is -0.517. The van der Waals surface area contributed by atoms with E-state index < -0.39 is 48.4 Å². The van der Waals surface area contributed by atoms with Gasteiger partial charge in [-0.3, -0.25) is 28.9 Å². The van der Waals surface area contributed by atoms with Crippen LogP contribution >= 0.6 is 0 Å². The van der Waals surface area contributed by atoms with Crippen LogP contribution in [0.2, 0.25) is 0 Å². The van der Waals surface area contributed by atoms with Crippen LogP contribution in [0.3, 0.4) is 0 Å². The SMILES string of the molecule is CCOC(=O)C(C[13C](=O)OC)C(=O)CN1C(=O)c2ccccc2C1=O. The van der Waals surface area contributed by atoms with Gasteiger partial charge in [0.2, 0.25) is 0 Å². The molecule has 0 saturated heterocycles. The Morgan fingerprint density at radius 2 is 1.64 bits per heavy atom. The molecule has 1 unspecified atom stereocenters. The predicted octanol–water partition coefficient (Wildman–Crippen LogP) is 0.594. The third-order valence-corrected chi connectivity index (χ3v) is 3.75. The van der Waals surface area contributed by atoms with Crippen molar-refractivity contribution in [2.75, 3.05) is 20.3 Å². The van der Waals surface area contributed by atoms with E-state index in [0.717, 1.165) is 12.0 Å². The monoisotopic (exact) mass is 348 g/mol. The van der Waals surface area contributed by atoms with E-state index in [1.807, 2.05) is 0 Å². The maximum absolute atomic E-state index is 12.5. The first-order valence-electron chi connectivity index (χ1n) is 7.62. The van der Waals surface area contributed by atoms with Gasteiger partial charge in [-0.2, -0.15) is 0 Å². The summed E-state index contributed by atoms with van der Waals surface area (Å²) in [6, 6.07) is 6.18. The number of ether oxygens (including phenoxy) is 2. The topological polar surface area (TPSA) is 107 Å². The number of hydrogen-bond donors (Lipinski definition) is 0. The molecule has 0 radical (unpaired) electrons. The Morgan fingerprint density at radius 1 is 1.08 bits per heavy atom. The van der Waals surface area contributed by atoms with E-state index in [4.69, 9.17) is 4.74 Å². The summed E-state index contributed by atoms with van der Waals surface area (Å²) in [6.45, 7) is 0.964. The van der Waals surface area contributed by atoms with Gasteiger partial charge < -0.3 is 9.47 Å². The van der Waals surface area contributed by atoms with Crippen LogP contribution in [0.1, 0.15) is 34.1 Å². The zero-order valence-corrected chi connectivity index (χ0v) is 13.8. The fourth-order valence-corrected chi connectivity index (χ4v) is 2.47. The van der Waals surface area contributed by atoms with E-state index in [1.165, 1.54) is 12.1 Å². The number of benzene rings is 1. The van der Waals surface area contributed by atoms with Gasteiger partial charge in [0.25, 0.3) is 11.8 Å². The molecule has 2 rings (SSSR count). The number of esters is 2. The molecule has 8 nitrogen and oxygen atoms in total. The third kappa shape index (κ3) is 3.73. The van der Waals surface area contributed by atoms with Crippen molar-refractivity contribution in [3.63, 3.8) is 0 Å². The lowest BCUT2D eigenvalue weighted by Crippen LogP contribution is -2.40. The minimum Gasteiger partial charge on any atom is -0.469 e. The molecule has 2 amide bonds. The van der Waals surface area contributed by atoms with Gasteiger partial charge in [0.1, 0.15) is 5.92 Å². The Kier molecular flexibility index (Phi) is 5.63. The van der Waals surface area contributed by atoms with E-state index in [1.54, 1.807) is 19.1 Å². The predicted molar refractivity (Wildman–Crippen MR) is 83.6 cm³/mol. The molecule has 1 heterocycles. The summed E-state index contributed by atoms with van der Waals surface area (Å²) in [7, 11) is 1.12. The Bertz CT molecular complexity index is 705. The standard InChI is InChI=1S/C17H17NO7/c1-3-25-17(23)12(8-14(20)24-2)13(19)9-18-15(21)10-6-4-5-7-11(10)16(18)22/h4-7,12H,3,8-9H2,1-2H3/i14+1. The van der Waals surface area contributed by atoms with Crippen LogP contribution in [0, 0.1) is 5.92 Å². The van der Waals surface area contributed by atoms with E-state index in [-0.39, 0.29) is 17.7 Å². The van der Waals surface area contributed by atoms with Crippen molar-refractivity contribution in [2.24, 2.45) is 5.92 Å². The third-order valence-electron chi connectivity index (χ3n) is 3.75. The second kappa shape index (κ2) is 7.69. The number of rotatable bonds is 7. The fraction of sp³-hybridized carbons (Fsp3) is 0.353. The van der Waals surface area contributed by atoms with E-state index in [0.29, 0.717) is 0 Å². The minimum absolute atomic E-state index is 0.0246.